The molecule has 0 heterocycles. The Morgan fingerprint density at radius 3 is 2.22 bits per heavy atom. The monoisotopic (exact) mass is 333 g/mol. The first-order valence-electron chi connectivity index (χ1n) is 7.57. The normalized spacial score (nSPS) is 13.2. The summed E-state index contributed by atoms with van der Waals surface area (Å²) in [5.74, 6) is 0. The number of hydrogen-bond donors (Lipinski definition) is 1. The molecule has 5 heteroatoms. The summed E-state index contributed by atoms with van der Waals surface area (Å²) in [6.07, 6.45) is 1.47. The van der Waals surface area contributed by atoms with E-state index in [1.807, 2.05) is 25.2 Å². The molecule has 0 aliphatic carbocycles. The highest BCUT2D eigenvalue weighted by Gasteiger charge is 2.12. The lowest BCUT2D eigenvalue weighted by molar-refractivity contribution is 0.127. The van der Waals surface area contributed by atoms with Gasteiger partial charge < -0.3 is 10.0 Å². The van der Waals surface area contributed by atoms with Crippen LogP contribution in [0.4, 0.5) is 0 Å². The minimum absolute atomic E-state index is 0.269. The molecule has 0 aromatic heterocycles. The van der Waals surface area contributed by atoms with Gasteiger partial charge in [-0.15, -0.1) is 0 Å². The number of likely N-dealkylation sites (N-methyl/N-ethyl adjacent to an activating group) is 1. The third-order valence-corrected chi connectivity index (χ3v) is 4.93. The minimum atomic E-state index is -3.20. The molecule has 4 nitrogen and oxygen atoms in total. The number of aliphatic hydroxyl groups excluding tert-OH is 1. The second-order valence-electron chi connectivity index (χ2n) is 5.85. The van der Waals surface area contributed by atoms with Crippen LogP contribution in [-0.4, -0.2) is 44.8 Å². The van der Waals surface area contributed by atoms with Gasteiger partial charge in [0.15, 0.2) is 9.84 Å². The minimum Gasteiger partial charge on any atom is -0.387 e. The summed E-state index contributed by atoms with van der Waals surface area (Å²) >= 11 is 0. The van der Waals surface area contributed by atoms with E-state index in [4.69, 9.17) is 0 Å². The van der Waals surface area contributed by atoms with Crippen molar-refractivity contribution in [3.8, 4) is 0 Å². The summed E-state index contributed by atoms with van der Waals surface area (Å²) in [6, 6.07) is 16.6. The van der Waals surface area contributed by atoms with Crippen molar-refractivity contribution in [1.29, 1.82) is 0 Å². The van der Waals surface area contributed by atoms with E-state index in [0.717, 1.165) is 18.5 Å². The molecule has 124 valence electrons. The van der Waals surface area contributed by atoms with Crippen molar-refractivity contribution in [3.63, 3.8) is 0 Å². The van der Waals surface area contributed by atoms with Crippen molar-refractivity contribution in [3.05, 3.63) is 65.7 Å². The summed E-state index contributed by atoms with van der Waals surface area (Å²) < 4.78 is 22.9. The molecule has 1 unspecified atom stereocenters. The highest BCUT2D eigenvalue weighted by atomic mass is 32.2. The average molecular weight is 333 g/mol. The van der Waals surface area contributed by atoms with Crippen LogP contribution in [0.3, 0.4) is 0 Å². The molecule has 1 N–H and O–H groups in total. The lowest BCUT2D eigenvalue weighted by atomic mass is 10.1. The van der Waals surface area contributed by atoms with Gasteiger partial charge in [-0.05, 0) is 36.7 Å². The quantitative estimate of drug-likeness (QED) is 0.845. The van der Waals surface area contributed by atoms with Gasteiger partial charge in [-0.1, -0.05) is 42.5 Å². The molecule has 0 saturated heterocycles. The van der Waals surface area contributed by atoms with E-state index in [0.29, 0.717) is 6.54 Å². The topological polar surface area (TPSA) is 57.6 Å². The van der Waals surface area contributed by atoms with E-state index in [2.05, 4.69) is 17.0 Å². The van der Waals surface area contributed by atoms with Crippen LogP contribution in [0.1, 0.15) is 17.2 Å². The number of hydrogen-bond acceptors (Lipinski definition) is 4. The van der Waals surface area contributed by atoms with Gasteiger partial charge in [-0.3, -0.25) is 0 Å². The van der Waals surface area contributed by atoms with Crippen LogP contribution in [-0.2, 0) is 16.3 Å². The van der Waals surface area contributed by atoms with Gasteiger partial charge in [0.25, 0.3) is 0 Å². The zero-order chi connectivity index (χ0) is 16.9. The third-order valence-electron chi connectivity index (χ3n) is 3.80. The van der Waals surface area contributed by atoms with Crippen molar-refractivity contribution < 1.29 is 13.5 Å². The predicted octanol–water partition coefficient (Wildman–Crippen LogP) is 2.30. The molecular formula is C18H23NO3S. The SMILES string of the molecule is CN(CCc1ccccc1)CC(O)c1ccc(S(C)(=O)=O)cc1. The molecule has 1 atom stereocenters. The van der Waals surface area contributed by atoms with Gasteiger partial charge in [0.2, 0.25) is 0 Å². The maximum atomic E-state index is 11.4. The van der Waals surface area contributed by atoms with E-state index in [-0.39, 0.29) is 4.90 Å². The van der Waals surface area contributed by atoms with Crippen LogP contribution >= 0.6 is 0 Å². The van der Waals surface area contributed by atoms with E-state index >= 15 is 0 Å². The van der Waals surface area contributed by atoms with Crippen LogP contribution in [0, 0.1) is 0 Å². The molecule has 0 aliphatic rings. The first-order chi connectivity index (χ1) is 10.9. The molecule has 2 aromatic carbocycles. The Bertz CT molecular complexity index is 712. The first kappa shape index (κ1) is 17.7. The van der Waals surface area contributed by atoms with Gasteiger partial charge in [-0.25, -0.2) is 8.42 Å². The first-order valence-corrected chi connectivity index (χ1v) is 9.46. The van der Waals surface area contributed by atoms with Gasteiger partial charge in [0, 0.05) is 19.3 Å². The molecule has 0 aliphatic heterocycles. The number of sulfone groups is 1. The molecule has 0 radical (unpaired) electrons. The summed E-state index contributed by atoms with van der Waals surface area (Å²) in [5, 5.41) is 10.3. The van der Waals surface area contributed by atoms with Crippen molar-refractivity contribution in [2.45, 2.75) is 17.4 Å². The molecule has 0 spiro atoms. The molecule has 0 saturated carbocycles. The zero-order valence-corrected chi connectivity index (χ0v) is 14.3. The molecule has 0 bridgehead atoms. The van der Waals surface area contributed by atoms with Crippen molar-refractivity contribution in [1.82, 2.24) is 4.90 Å². The van der Waals surface area contributed by atoms with E-state index in [9.17, 15) is 13.5 Å². The Labute approximate surface area is 138 Å². The summed E-state index contributed by atoms with van der Waals surface area (Å²) in [5.41, 5.74) is 2.00. The van der Waals surface area contributed by atoms with Crippen LogP contribution in [0.2, 0.25) is 0 Å². The van der Waals surface area contributed by atoms with Gasteiger partial charge in [0.05, 0.1) is 11.0 Å². The second kappa shape index (κ2) is 7.73. The fraction of sp³-hybridized carbons (Fsp3) is 0.333. The fourth-order valence-electron chi connectivity index (χ4n) is 2.39. The smallest absolute Gasteiger partial charge is 0.175 e. The second-order valence-corrected chi connectivity index (χ2v) is 7.87. The van der Waals surface area contributed by atoms with Gasteiger partial charge in [-0.2, -0.15) is 0 Å². The zero-order valence-electron chi connectivity index (χ0n) is 13.5. The molecule has 0 amide bonds. The Hall–Kier alpha value is -1.69. The Morgan fingerprint density at radius 1 is 1.04 bits per heavy atom. The largest absolute Gasteiger partial charge is 0.387 e. The van der Waals surface area contributed by atoms with Crippen molar-refractivity contribution in [2.24, 2.45) is 0 Å². The van der Waals surface area contributed by atoms with Crippen molar-refractivity contribution >= 4 is 9.84 Å². The fourth-order valence-corrected chi connectivity index (χ4v) is 3.02. The molecular weight excluding hydrogens is 310 g/mol. The van der Waals surface area contributed by atoms with Crippen molar-refractivity contribution in [2.75, 3.05) is 26.4 Å². The Kier molecular flexibility index (Phi) is 5.93. The Balaban J connectivity index is 1.89. The maximum absolute atomic E-state index is 11.4. The average Bonchev–Trinajstić information content (AvgIpc) is 2.53. The summed E-state index contributed by atoms with van der Waals surface area (Å²) in [4.78, 5) is 2.34. The molecule has 23 heavy (non-hydrogen) atoms. The molecule has 2 aromatic rings. The van der Waals surface area contributed by atoms with E-state index in [1.165, 1.54) is 24.0 Å². The number of rotatable bonds is 7. The van der Waals surface area contributed by atoms with Crippen LogP contribution in [0.15, 0.2) is 59.5 Å². The highest BCUT2D eigenvalue weighted by Crippen LogP contribution is 2.17. The predicted molar refractivity (Wildman–Crippen MR) is 92.2 cm³/mol. The summed E-state index contributed by atoms with van der Waals surface area (Å²) in [6.45, 7) is 1.35. The van der Waals surface area contributed by atoms with E-state index < -0.39 is 15.9 Å². The van der Waals surface area contributed by atoms with Crippen LogP contribution in [0.25, 0.3) is 0 Å². The van der Waals surface area contributed by atoms with Crippen LogP contribution in [0.5, 0.6) is 0 Å². The van der Waals surface area contributed by atoms with Crippen LogP contribution < -0.4 is 0 Å². The summed E-state index contributed by atoms with van der Waals surface area (Å²) in [7, 11) is -1.23. The third kappa shape index (κ3) is 5.46. The number of benzene rings is 2. The number of aliphatic hydroxyl groups is 1. The number of nitrogens with zero attached hydrogens (tertiary/aromatic N) is 1. The lowest BCUT2D eigenvalue weighted by Crippen LogP contribution is -2.26. The standard InChI is InChI=1S/C18H23NO3S/c1-19(13-12-15-6-4-3-5-7-15)14-18(20)16-8-10-17(11-9-16)23(2,21)22/h3-11,18,20H,12-14H2,1-2H3. The Morgan fingerprint density at radius 2 is 1.65 bits per heavy atom. The highest BCUT2D eigenvalue weighted by molar-refractivity contribution is 7.90. The van der Waals surface area contributed by atoms with E-state index in [1.54, 1.807) is 12.1 Å². The van der Waals surface area contributed by atoms with Gasteiger partial charge in [0.1, 0.15) is 0 Å². The maximum Gasteiger partial charge on any atom is 0.175 e. The molecule has 2 rings (SSSR count). The molecule has 0 fully saturated rings. The van der Waals surface area contributed by atoms with Gasteiger partial charge >= 0.3 is 0 Å². The lowest BCUT2D eigenvalue weighted by Gasteiger charge is -2.21.